The summed E-state index contributed by atoms with van der Waals surface area (Å²) in [6.07, 6.45) is -0.267. The average Bonchev–Trinajstić information content (AvgIpc) is 2.28. The Bertz CT molecular complexity index is 341. The van der Waals surface area contributed by atoms with Gasteiger partial charge in [0.15, 0.2) is 6.29 Å². The van der Waals surface area contributed by atoms with Crippen molar-refractivity contribution in [2.45, 2.75) is 20.1 Å². The molecule has 0 amide bonds. The van der Waals surface area contributed by atoms with E-state index in [0.29, 0.717) is 29.8 Å². The van der Waals surface area contributed by atoms with Crippen LogP contribution in [0.2, 0.25) is 10.0 Å². The minimum absolute atomic E-state index is 0.267. The van der Waals surface area contributed by atoms with Crippen LogP contribution in [-0.2, 0) is 9.47 Å². The van der Waals surface area contributed by atoms with Crippen LogP contribution < -0.4 is 5.32 Å². The highest BCUT2D eigenvalue weighted by atomic mass is 35.5. The van der Waals surface area contributed by atoms with Crippen LogP contribution in [0.15, 0.2) is 18.2 Å². The Labute approximate surface area is 112 Å². The van der Waals surface area contributed by atoms with Crippen molar-refractivity contribution in [2.24, 2.45) is 0 Å². The first-order valence-corrected chi connectivity index (χ1v) is 6.35. The van der Waals surface area contributed by atoms with Crippen molar-refractivity contribution in [1.82, 2.24) is 0 Å². The molecule has 17 heavy (non-hydrogen) atoms. The highest BCUT2D eigenvalue weighted by Crippen LogP contribution is 2.25. The second kappa shape index (κ2) is 7.77. The van der Waals surface area contributed by atoms with Crippen LogP contribution in [0.25, 0.3) is 0 Å². The van der Waals surface area contributed by atoms with Gasteiger partial charge in [0.05, 0.1) is 17.3 Å². The number of hydrogen-bond acceptors (Lipinski definition) is 3. The zero-order valence-electron chi connectivity index (χ0n) is 10.0. The van der Waals surface area contributed by atoms with E-state index in [1.165, 1.54) is 0 Å². The smallest absolute Gasteiger partial charge is 0.174 e. The van der Waals surface area contributed by atoms with E-state index in [4.69, 9.17) is 32.7 Å². The number of rotatable bonds is 7. The fraction of sp³-hybridized carbons (Fsp3) is 0.500. The van der Waals surface area contributed by atoms with Crippen LogP contribution in [0.1, 0.15) is 13.8 Å². The Morgan fingerprint density at radius 3 is 2.35 bits per heavy atom. The lowest BCUT2D eigenvalue weighted by atomic mass is 10.3. The van der Waals surface area contributed by atoms with Crippen molar-refractivity contribution in [1.29, 1.82) is 0 Å². The van der Waals surface area contributed by atoms with Crippen molar-refractivity contribution in [3.63, 3.8) is 0 Å². The summed E-state index contributed by atoms with van der Waals surface area (Å²) in [6.45, 7) is 5.63. The molecule has 0 heterocycles. The third-order valence-electron chi connectivity index (χ3n) is 2.10. The summed E-state index contributed by atoms with van der Waals surface area (Å²) in [5.41, 5.74) is 0.820. The fourth-order valence-corrected chi connectivity index (χ4v) is 1.84. The van der Waals surface area contributed by atoms with E-state index in [2.05, 4.69) is 5.32 Å². The molecule has 1 aromatic carbocycles. The lowest BCUT2D eigenvalue weighted by Gasteiger charge is -2.18. The van der Waals surface area contributed by atoms with Crippen LogP contribution in [0.5, 0.6) is 0 Å². The summed E-state index contributed by atoms with van der Waals surface area (Å²) in [5, 5.41) is 4.37. The zero-order chi connectivity index (χ0) is 12.7. The van der Waals surface area contributed by atoms with Gasteiger partial charge < -0.3 is 14.8 Å². The Morgan fingerprint density at radius 1 is 1.18 bits per heavy atom. The first kappa shape index (κ1) is 14.6. The van der Waals surface area contributed by atoms with E-state index >= 15 is 0 Å². The lowest BCUT2D eigenvalue weighted by molar-refractivity contribution is -0.126. The maximum Gasteiger partial charge on any atom is 0.174 e. The zero-order valence-corrected chi connectivity index (χ0v) is 11.5. The number of halogens is 2. The molecule has 0 atom stereocenters. The molecular weight excluding hydrogens is 261 g/mol. The van der Waals surface area contributed by atoms with Gasteiger partial charge in [-0.15, -0.1) is 0 Å². The molecule has 1 aromatic rings. The van der Waals surface area contributed by atoms with Gasteiger partial charge in [0, 0.05) is 18.2 Å². The molecule has 3 nitrogen and oxygen atoms in total. The third kappa shape index (κ3) is 5.13. The number of benzene rings is 1. The SMILES string of the molecule is CCOC(CNc1ccc(Cl)cc1Cl)OCC. The summed E-state index contributed by atoms with van der Waals surface area (Å²) in [4.78, 5) is 0. The molecule has 0 spiro atoms. The van der Waals surface area contributed by atoms with Crippen molar-refractivity contribution in [3.8, 4) is 0 Å². The van der Waals surface area contributed by atoms with Crippen molar-refractivity contribution >= 4 is 28.9 Å². The Hall–Kier alpha value is -0.480. The molecule has 1 rings (SSSR count). The number of hydrogen-bond donors (Lipinski definition) is 1. The van der Waals surface area contributed by atoms with Gasteiger partial charge in [-0.1, -0.05) is 23.2 Å². The molecule has 0 saturated heterocycles. The quantitative estimate of drug-likeness (QED) is 0.769. The average molecular weight is 278 g/mol. The fourth-order valence-electron chi connectivity index (χ4n) is 1.36. The first-order chi connectivity index (χ1) is 8.17. The van der Waals surface area contributed by atoms with Crippen molar-refractivity contribution in [3.05, 3.63) is 28.2 Å². The van der Waals surface area contributed by atoms with Gasteiger partial charge >= 0.3 is 0 Å². The highest BCUT2D eigenvalue weighted by Gasteiger charge is 2.08. The van der Waals surface area contributed by atoms with Gasteiger partial charge in [0.25, 0.3) is 0 Å². The van der Waals surface area contributed by atoms with Crippen LogP contribution in [0.4, 0.5) is 5.69 Å². The predicted molar refractivity (Wildman–Crippen MR) is 72.0 cm³/mol. The Kier molecular flexibility index (Phi) is 6.66. The summed E-state index contributed by atoms with van der Waals surface area (Å²) in [7, 11) is 0. The molecule has 1 N–H and O–H groups in total. The number of anilines is 1. The van der Waals surface area contributed by atoms with Gasteiger partial charge in [-0.3, -0.25) is 0 Å². The van der Waals surface area contributed by atoms with Gasteiger partial charge in [0.1, 0.15) is 0 Å². The maximum atomic E-state index is 6.04. The molecule has 0 aliphatic carbocycles. The highest BCUT2D eigenvalue weighted by molar-refractivity contribution is 6.36. The first-order valence-electron chi connectivity index (χ1n) is 5.59. The minimum Gasteiger partial charge on any atom is -0.379 e. The van der Waals surface area contributed by atoms with E-state index in [-0.39, 0.29) is 6.29 Å². The standard InChI is InChI=1S/C12H17Cl2NO2/c1-3-16-12(17-4-2)8-15-11-6-5-9(13)7-10(11)14/h5-7,12,15H,3-4,8H2,1-2H3. The summed E-state index contributed by atoms with van der Waals surface area (Å²) in [5.74, 6) is 0. The Morgan fingerprint density at radius 2 is 1.82 bits per heavy atom. The topological polar surface area (TPSA) is 30.5 Å². The monoisotopic (exact) mass is 277 g/mol. The summed E-state index contributed by atoms with van der Waals surface area (Å²) < 4.78 is 10.8. The van der Waals surface area contributed by atoms with E-state index in [0.717, 1.165) is 5.69 Å². The second-order valence-electron chi connectivity index (χ2n) is 3.35. The van der Waals surface area contributed by atoms with Gasteiger partial charge in [0.2, 0.25) is 0 Å². The molecule has 0 fully saturated rings. The van der Waals surface area contributed by atoms with Gasteiger partial charge in [-0.25, -0.2) is 0 Å². The third-order valence-corrected chi connectivity index (χ3v) is 2.64. The van der Waals surface area contributed by atoms with Crippen LogP contribution in [-0.4, -0.2) is 26.0 Å². The molecule has 0 bridgehead atoms. The van der Waals surface area contributed by atoms with Gasteiger partial charge in [-0.2, -0.15) is 0 Å². The largest absolute Gasteiger partial charge is 0.379 e. The lowest BCUT2D eigenvalue weighted by Crippen LogP contribution is -2.26. The van der Waals surface area contributed by atoms with Crippen LogP contribution in [0, 0.1) is 0 Å². The normalized spacial score (nSPS) is 10.9. The van der Waals surface area contributed by atoms with E-state index < -0.39 is 0 Å². The minimum atomic E-state index is -0.267. The molecule has 0 unspecified atom stereocenters. The van der Waals surface area contributed by atoms with Crippen LogP contribution >= 0.6 is 23.2 Å². The molecule has 96 valence electrons. The number of ether oxygens (including phenoxy) is 2. The van der Waals surface area contributed by atoms with E-state index in [9.17, 15) is 0 Å². The molecule has 0 saturated carbocycles. The Balaban J connectivity index is 2.52. The van der Waals surface area contributed by atoms with Crippen LogP contribution in [0.3, 0.4) is 0 Å². The summed E-state index contributed by atoms with van der Waals surface area (Å²) in [6, 6.07) is 5.31. The molecule has 5 heteroatoms. The predicted octanol–water partition coefficient (Wildman–Crippen LogP) is 3.80. The van der Waals surface area contributed by atoms with E-state index in [1.807, 2.05) is 19.9 Å². The molecule has 0 aliphatic heterocycles. The second-order valence-corrected chi connectivity index (χ2v) is 4.19. The molecule has 0 aromatic heterocycles. The molecule has 0 radical (unpaired) electrons. The summed E-state index contributed by atoms with van der Waals surface area (Å²) >= 11 is 11.9. The van der Waals surface area contributed by atoms with Crippen molar-refractivity contribution < 1.29 is 9.47 Å². The van der Waals surface area contributed by atoms with Gasteiger partial charge in [-0.05, 0) is 32.0 Å². The maximum absolute atomic E-state index is 6.04. The van der Waals surface area contributed by atoms with E-state index in [1.54, 1.807) is 12.1 Å². The molecular formula is C12H17Cl2NO2. The molecule has 0 aliphatic rings. The van der Waals surface area contributed by atoms with Crippen molar-refractivity contribution in [2.75, 3.05) is 25.1 Å². The number of nitrogens with one attached hydrogen (secondary N) is 1.